The third-order valence-corrected chi connectivity index (χ3v) is 4.31. The monoisotopic (exact) mass is 306 g/mol. The first-order valence-corrected chi connectivity index (χ1v) is 7.80. The van der Waals surface area contributed by atoms with Crippen LogP contribution in [0.4, 0.5) is 0 Å². The number of hydrogen-bond acceptors (Lipinski definition) is 5. The van der Waals surface area contributed by atoms with E-state index in [1.54, 1.807) is 26.5 Å². The standard InChI is InChI=1S/C16H22N2O2S/c1-11(9-13-6-5-12(2)21-13)18-10-14-16(20-4)15(19-3)7-8-17-14/h5-8,11,18H,9-10H2,1-4H3. The lowest BCUT2D eigenvalue weighted by Crippen LogP contribution is -2.27. The van der Waals surface area contributed by atoms with Gasteiger partial charge in [0.1, 0.15) is 0 Å². The minimum atomic E-state index is 0.376. The molecule has 2 aromatic rings. The third kappa shape index (κ3) is 4.19. The molecule has 0 fully saturated rings. The van der Waals surface area contributed by atoms with Crippen molar-refractivity contribution in [3.63, 3.8) is 0 Å². The van der Waals surface area contributed by atoms with Gasteiger partial charge in [0, 0.05) is 34.6 Å². The molecule has 2 aromatic heterocycles. The van der Waals surface area contributed by atoms with Crippen molar-refractivity contribution >= 4 is 11.3 Å². The summed E-state index contributed by atoms with van der Waals surface area (Å²) in [6.07, 6.45) is 2.76. The Morgan fingerprint density at radius 1 is 1.24 bits per heavy atom. The Morgan fingerprint density at radius 2 is 2.05 bits per heavy atom. The zero-order valence-electron chi connectivity index (χ0n) is 13.0. The van der Waals surface area contributed by atoms with Gasteiger partial charge in [-0.15, -0.1) is 11.3 Å². The molecular weight excluding hydrogens is 284 g/mol. The first-order chi connectivity index (χ1) is 10.1. The Morgan fingerprint density at radius 3 is 2.67 bits per heavy atom. The number of nitrogens with one attached hydrogen (secondary N) is 1. The maximum atomic E-state index is 5.40. The van der Waals surface area contributed by atoms with Crippen molar-refractivity contribution < 1.29 is 9.47 Å². The summed E-state index contributed by atoms with van der Waals surface area (Å²) in [7, 11) is 3.28. The highest BCUT2D eigenvalue weighted by atomic mass is 32.1. The zero-order chi connectivity index (χ0) is 15.2. The number of pyridine rings is 1. The topological polar surface area (TPSA) is 43.4 Å². The second-order valence-electron chi connectivity index (χ2n) is 4.99. The number of aryl methyl sites for hydroxylation is 1. The van der Waals surface area contributed by atoms with Crippen LogP contribution in [0.2, 0.25) is 0 Å². The molecule has 0 aliphatic carbocycles. The van der Waals surface area contributed by atoms with Gasteiger partial charge in [0.15, 0.2) is 11.5 Å². The van der Waals surface area contributed by atoms with E-state index in [1.807, 2.05) is 11.3 Å². The van der Waals surface area contributed by atoms with E-state index in [1.165, 1.54) is 9.75 Å². The van der Waals surface area contributed by atoms with Crippen LogP contribution in [0.25, 0.3) is 0 Å². The average molecular weight is 306 g/mol. The van der Waals surface area contributed by atoms with Gasteiger partial charge in [-0.3, -0.25) is 4.98 Å². The molecule has 114 valence electrons. The molecule has 21 heavy (non-hydrogen) atoms. The SMILES string of the molecule is COc1ccnc(CNC(C)Cc2ccc(C)s2)c1OC. The van der Waals surface area contributed by atoms with E-state index >= 15 is 0 Å². The molecule has 1 atom stereocenters. The summed E-state index contributed by atoms with van der Waals surface area (Å²) >= 11 is 1.85. The molecule has 0 aliphatic rings. The quantitative estimate of drug-likeness (QED) is 0.853. The van der Waals surface area contributed by atoms with Crippen LogP contribution >= 0.6 is 11.3 Å². The molecule has 0 aromatic carbocycles. The molecule has 2 rings (SSSR count). The Kier molecular flexibility index (Phi) is 5.59. The van der Waals surface area contributed by atoms with Crippen LogP contribution in [0.5, 0.6) is 11.5 Å². The van der Waals surface area contributed by atoms with Gasteiger partial charge < -0.3 is 14.8 Å². The third-order valence-electron chi connectivity index (χ3n) is 3.29. The fraction of sp³-hybridized carbons (Fsp3) is 0.438. The van der Waals surface area contributed by atoms with Gasteiger partial charge in [0.2, 0.25) is 0 Å². The van der Waals surface area contributed by atoms with Gasteiger partial charge in [0.05, 0.1) is 19.9 Å². The number of nitrogens with zero attached hydrogens (tertiary/aromatic N) is 1. The second-order valence-corrected chi connectivity index (χ2v) is 6.36. The molecule has 5 heteroatoms. The first-order valence-electron chi connectivity index (χ1n) is 6.98. The molecule has 1 N–H and O–H groups in total. The van der Waals surface area contributed by atoms with Gasteiger partial charge in [-0.1, -0.05) is 0 Å². The Labute approximate surface area is 130 Å². The number of hydrogen-bond donors (Lipinski definition) is 1. The smallest absolute Gasteiger partial charge is 0.183 e. The van der Waals surface area contributed by atoms with Crippen molar-refractivity contribution in [3.05, 3.63) is 39.8 Å². The van der Waals surface area contributed by atoms with E-state index in [0.717, 1.165) is 12.1 Å². The van der Waals surface area contributed by atoms with Crippen molar-refractivity contribution in [2.45, 2.75) is 32.9 Å². The fourth-order valence-corrected chi connectivity index (χ4v) is 3.24. The minimum Gasteiger partial charge on any atom is -0.493 e. The molecule has 0 saturated carbocycles. The van der Waals surface area contributed by atoms with Crippen molar-refractivity contribution in [2.24, 2.45) is 0 Å². The summed E-state index contributed by atoms with van der Waals surface area (Å²) in [6.45, 7) is 4.98. The van der Waals surface area contributed by atoms with E-state index in [-0.39, 0.29) is 0 Å². The number of rotatable bonds is 7. The molecule has 1 unspecified atom stereocenters. The van der Waals surface area contributed by atoms with E-state index in [2.05, 4.69) is 36.3 Å². The highest BCUT2D eigenvalue weighted by Gasteiger charge is 2.12. The van der Waals surface area contributed by atoms with E-state index in [9.17, 15) is 0 Å². The molecular formula is C16H22N2O2S. The predicted octanol–water partition coefficient (Wildman–Crippen LogP) is 3.19. The second kappa shape index (κ2) is 7.43. The molecule has 0 radical (unpaired) electrons. The van der Waals surface area contributed by atoms with Gasteiger partial charge in [-0.2, -0.15) is 0 Å². The Balaban J connectivity index is 1.96. The molecule has 2 heterocycles. The van der Waals surface area contributed by atoms with Crippen molar-refractivity contribution in [1.29, 1.82) is 0 Å². The zero-order valence-corrected chi connectivity index (χ0v) is 13.8. The van der Waals surface area contributed by atoms with Crippen LogP contribution in [-0.2, 0) is 13.0 Å². The first kappa shape index (κ1) is 15.8. The lowest BCUT2D eigenvalue weighted by atomic mass is 10.2. The van der Waals surface area contributed by atoms with Crippen LogP contribution in [0.1, 0.15) is 22.4 Å². The summed E-state index contributed by atoms with van der Waals surface area (Å²) in [6, 6.07) is 6.54. The highest BCUT2D eigenvalue weighted by molar-refractivity contribution is 7.11. The summed E-state index contributed by atoms with van der Waals surface area (Å²) in [5.41, 5.74) is 0.867. The Bertz CT molecular complexity index is 583. The Hall–Kier alpha value is -1.59. The number of aromatic nitrogens is 1. The fourth-order valence-electron chi connectivity index (χ4n) is 2.22. The van der Waals surface area contributed by atoms with E-state index < -0.39 is 0 Å². The van der Waals surface area contributed by atoms with Gasteiger partial charge in [0.25, 0.3) is 0 Å². The number of thiophene rings is 1. The highest BCUT2D eigenvalue weighted by Crippen LogP contribution is 2.28. The van der Waals surface area contributed by atoms with Gasteiger partial charge in [-0.25, -0.2) is 0 Å². The molecule has 0 saturated heterocycles. The van der Waals surface area contributed by atoms with Crippen LogP contribution in [0, 0.1) is 6.92 Å². The van der Waals surface area contributed by atoms with Crippen molar-refractivity contribution in [2.75, 3.05) is 14.2 Å². The van der Waals surface area contributed by atoms with Crippen LogP contribution in [0.3, 0.4) is 0 Å². The lowest BCUT2D eigenvalue weighted by Gasteiger charge is -2.15. The number of ether oxygens (including phenoxy) is 2. The molecule has 0 spiro atoms. The summed E-state index contributed by atoms with van der Waals surface area (Å²) in [4.78, 5) is 7.13. The van der Waals surface area contributed by atoms with Crippen LogP contribution in [0.15, 0.2) is 24.4 Å². The average Bonchev–Trinajstić information content (AvgIpc) is 2.89. The molecule has 0 amide bonds. The molecule has 4 nitrogen and oxygen atoms in total. The van der Waals surface area contributed by atoms with Gasteiger partial charge in [-0.05, 0) is 32.4 Å². The van der Waals surface area contributed by atoms with Gasteiger partial charge >= 0.3 is 0 Å². The normalized spacial score (nSPS) is 12.2. The van der Waals surface area contributed by atoms with Crippen LogP contribution < -0.4 is 14.8 Å². The van der Waals surface area contributed by atoms with E-state index in [0.29, 0.717) is 24.1 Å². The summed E-state index contributed by atoms with van der Waals surface area (Å²) < 4.78 is 10.7. The van der Waals surface area contributed by atoms with Crippen LogP contribution in [-0.4, -0.2) is 25.2 Å². The summed E-state index contributed by atoms with van der Waals surface area (Å²) in [5, 5.41) is 3.49. The molecule has 0 aliphatic heterocycles. The largest absolute Gasteiger partial charge is 0.493 e. The predicted molar refractivity (Wildman–Crippen MR) is 86.4 cm³/mol. The maximum Gasteiger partial charge on any atom is 0.183 e. The minimum absolute atomic E-state index is 0.376. The summed E-state index contributed by atoms with van der Waals surface area (Å²) in [5.74, 6) is 1.41. The van der Waals surface area contributed by atoms with E-state index in [4.69, 9.17) is 9.47 Å². The maximum absolute atomic E-state index is 5.40. The number of methoxy groups -OCH3 is 2. The molecule has 0 bridgehead atoms. The van der Waals surface area contributed by atoms with Crippen molar-refractivity contribution in [3.8, 4) is 11.5 Å². The van der Waals surface area contributed by atoms with Crippen molar-refractivity contribution in [1.82, 2.24) is 10.3 Å². The lowest BCUT2D eigenvalue weighted by molar-refractivity contribution is 0.347.